The number of tetrazole rings is 1. The molecule has 0 radical (unpaired) electrons. The molecular formula is C15H20N10O2. The molecule has 142 valence electrons. The normalized spacial score (nSPS) is 14.6. The molecule has 0 aliphatic carbocycles. The number of aromatic nitrogens is 5. The third kappa shape index (κ3) is 4.42. The minimum atomic E-state index is -0.527. The van der Waals surface area contributed by atoms with Crippen molar-refractivity contribution in [3.63, 3.8) is 0 Å². The van der Waals surface area contributed by atoms with E-state index in [4.69, 9.17) is 10.3 Å². The zero-order valence-electron chi connectivity index (χ0n) is 15.3. The highest BCUT2D eigenvalue weighted by atomic mass is 16.6. The summed E-state index contributed by atoms with van der Waals surface area (Å²) in [6.07, 6.45) is -0.328. The Kier molecular flexibility index (Phi) is 5.08. The monoisotopic (exact) mass is 372 g/mol. The van der Waals surface area contributed by atoms with Gasteiger partial charge in [0, 0.05) is 31.1 Å². The van der Waals surface area contributed by atoms with Gasteiger partial charge in [-0.3, -0.25) is 0 Å². The van der Waals surface area contributed by atoms with Gasteiger partial charge in [-0.25, -0.2) is 9.78 Å². The number of nitrogens with zero attached hydrogens (tertiary/aromatic N) is 10. The van der Waals surface area contributed by atoms with E-state index in [-0.39, 0.29) is 11.9 Å². The lowest BCUT2D eigenvalue weighted by Crippen LogP contribution is -2.50. The van der Waals surface area contributed by atoms with Crippen LogP contribution in [0.25, 0.3) is 16.3 Å². The largest absolute Gasteiger partial charge is 0.444 e. The molecule has 27 heavy (non-hydrogen) atoms. The van der Waals surface area contributed by atoms with Crippen molar-refractivity contribution in [3.8, 4) is 5.82 Å². The topological polar surface area (TPSA) is 138 Å². The minimum Gasteiger partial charge on any atom is -0.444 e. The van der Waals surface area contributed by atoms with E-state index in [1.165, 1.54) is 4.68 Å². The minimum absolute atomic E-state index is 0.228. The number of carbonyl (C=O) groups excluding carboxylic acids is 1. The highest BCUT2D eigenvalue weighted by Crippen LogP contribution is 2.19. The Hall–Kier alpha value is -3.40. The lowest BCUT2D eigenvalue weighted by atomic mass is 10.2. The second-order valence-electron chi connectivity index (χ2n) is 6.89. The summed E-state index contributed by atoms with van der Waals surface area (Å²) in [7, 11) is 0. The van der Waals surface area contributed by atoms with E-state index in [1.54, 1.807) is 23.1 Å². The molecule has 0 atom stereocenters. The van der Waals surface area contributed by atoms with Crippen molar-refractivity contribution >= 4 is 17.9 Å². The molecule has 1 fully saturated rings. The van der Waals surface area contributed by atoms with Crippen molar-refractivity contribution in [1.82, 2.24) is 30.1 Å². The molecule has 0 N–H and O–H groups in total. The molecular weight excluding hydrogens is 352 g/mol. The van der Waals surface area contributed by atoms with Crippen LogP contribution in [0, 0.1) is 0 Å². The molecule has 2 aromatic rings. The predicted molar refractivity (Wildman–Crippen MR) is 95.8 cm³/mol. The van der Waals surface area contributed by atoms with Gasteiger partial charge < -0.3 is 14.5 Å². The Morgan fingerprint density at radius 3 is 2.67 bits per heavy atom. The summed E-state index contributed by atoms with van der Waals surface area (Å²) in [5.41, 5.74) is 8.03. The Morgan fingerprint density at radius 1 is 1.26 bits per heavy atom. The summed E-state index contributed by atoms with van der Waals surface area (Å²) in [5.74, 6) is 1.17. The quantitative estimate of drug-likeness (QED) is 0.456. The lowest BCUT2D eigenvalue weighted by Gasteiger charge is -2.35. The Morgan fingerprint density at radius 2 is 2.00 bits per heavy atom. The van der Waals surface area contributed by atoms with Gasteiger partial charge in [0.25, 0.3) is 5.95 Å². The van der Waals surface area contributed by atoms with Crippen LogP contribution in [-0.2, 0) is 4.74 Å². The molecule has 0 unspecified atom stereocenters. The van der Waals surface area contributed by atoms with Crippen molar-refractivity contribution in [2.75, 3.05) is 31.1 Å². The van der Waals surface area contributed by atoms with Gasteiger partial charge in [0.15, 0.2) is 5.82 Å². The van der Waals surface area contributed by atoms with Crippen LogP contribution in [0.2, 0.25) is 0 Å². The molecule has 0 saturated carbocycles. The first-order valence-corrected chi connectivity index (χ1v) is 8.41. The van der Waals surface area contributed by atoms with Crippen molar-refractivity contribution in [3.05, 3.63) is 28.6 Å². The van der Waals surface area contributed by atoms with Crippen LogP contribution in [0.5, 0.6) is 0 Å². The number of ether oxygens (including phenoxy) is 1. The molecule has 12 heteroatoms. The lowest BCUT2D eigenvalue weighted by molar-refractivity contribution is 0.0240. The van der Waals surface area contributed by atoms with Crippen LogP contribution in [0.15, 0.2) is 23.3 Å². The third-order valence-corrected chi connectivity index (χ3v) is 3.75. The number of piperazine rings is 1. The third-order valence-electron chi connectivity index (χ3n) is 3.75. The average Bonchev–Trinajstić information content (AvgIpc) is 3.11. The fourth-order valence-corrected chi connectivity index (χ4v) is 2.57. The summed E-state index contributed by atoms with van der Waals surface area (Å²) in [6, 6.07) is 5.01. The molecule has 3 rings (SSSR count). The fraction of sp³-hybridized carbons (Fsp3) is 0.533. The maximum absolute atomic E-state index is 12.2. The predicted octanol–water partition coefficient (Wildman–Crippen LogP) is 2.06. The van der Waals surface area contributed by atoms with E-state index in [2.05, 4.69) is 30.5 Å². The Balaban J connectivity index is 1.72. The van der Waals surface area contributed by atoms with Crippen molar-refractivity contribution in [2.45, 2.75) is 26.4 Å². The number of rotatable bonds is 3. The van der Waals surface area contributed by atoms with Gasteiger partial charge in [0.05, 0.1) is 0 Å². The van der Waals surface area contributed by atoms with E-state index >= 15 is 0 Å². The highest BCUT2D eigenvalue weighted by molar-refractivity contribution is 5.68. The number of pyridine rings is 1. The van der Waals surface area contributed by atoms with E-state index in [1.807, 2.05) is 25.7 Å². The van der Waals surface area contributed by atoms with Gasteiger partial charge in [-0.05, 0) is 54.0 Å². The van der Waals surface area contributed by atoms with Gasteiger partial charge >= 0.3 is 6.09 Å². The number of anilines is 1. The maximum atomic E-state index is 12.2. The summed E-state index contributed by atoms with van der Waals surface area (Å²) >= 11 is 0. The molecule has 3 heterocycles. The zero-order valence-corrected chi connectivity index (χ0v) is 15.3. The molecule has 0 spiro atoms. The fourth-order valence-electron chi connectivity index (χ4n) is 2.57. The van der Waals surface area contributed by atoms with E-state index in [0.717, 1.165) is 0 Å². The average molecular weight is 372 g/mol. The summed E-state index contributed by atoms with van der Waals surface area (Å²) in [4.78, 5) is 22.8. The second kappa shape index (κ2) is 7.46. The number of azide groups is 1. The molecule has 1 aliphatic rings. The summed E-state index contributed by atoms with van der Waals surface area (Å²) in [6.45, 7) is 7.61. The van der Waals surface area contributed by atoms with E-state index in [9.17, 15) is 4.79 Å². The Bertz CT molecular complexity index is 859. The van der Waals surface area contributed by atoms with Crippen LogP contribution in [0.1, 0.15) is 20.8 Å². The maximum Gasteiger partial charge on any atom is 0.410 e. The molecule has 1 aliphatic heterocycles. The van der Waals surface area contributed by atoms with E-state index in [0.29, 0.717) is 37.9 Å². The number of hydrogen-bond donors (Lipinski definition) is 0. The second-order valence-corrected chi connectivity index (χ2v) is 6.89. The van der Waals surface area contributed by atoms with Crippen LogP contribution in [-0.4, -0.2) is 68.0 Å². The van der Waals surface area contributed by atoms with Gasteiger partial charge in [0.1, 0.15) is 11.4 Å². The highest BCUT2D eigenvalue weighted by Gasteiger charge is 2.28. The van der Waals surface area contributed by atoms with Crippen molar-refractivity contribution < 1.29 is 9.53 Å². The van der Waals surface area contributed by atoms with Crippen LogP contribution in [0.3, 0.4) is 0 Å². The molecule has 2 aromatic heterocycles. The first-order valence-electron chi connectivity index (χ1n) is 8.41. The van der Waals surface area contributed by atoms with E-state index < -0.39 is 5.60 Å². The Labute approximate surface area is 155 Å². The van der Waals surface area contributed by atoms with Crippen LogP contribution >= 0.6 is 0 Å². The van der Waals surface area contributed by atoms with Gasteiger partial charge in [-0.15, -0.1) is 0 Å². The molecule has 12 nitrogen and oxygen atoms in total. The molecule has 0 bridgehead atoms. The van der Waals surface area contributed by atoms with Gasteiger partial charge in [-0.2, -0.15) is 4.68 Å². The number of carbonyl (C=O) groups is 1. The SMILES string of the molecule is CC(C)(C)OC(=O)N1CCN(c2nnnn2-c2cccc(N=[N+]=[N-])n2)CC1. The zero-order chi connectivity index (χ0) is 19.4. The first kappa shape index (κ1) is 18.4. The number of amides is 1. The van der Waals surface area contributed by atoms with Gasteiger partial charge in [0.2, 0.25) is 0 Å². The van der Waals surface area contributed by atoms with Crippen molar-refractivity contribution in [2.24, 2.45) is 5.11 Å². The first-order chi connectivity index (χ1) is 12.9. The standard InChI is InChI=1S/C15H20N10O2/c1-15(2,3)27-14(26)24-9-7-23(8-10-24)13-19-21-22-25(13)12-6-4-5-11(17-12)18-20-16/h4-6H,7-10H2,1-3H3. The summed E-state index contributed by atoms with van der Waals surface area (Å²) in [5, 5.41) is 15.3. The van der Waals surface area contributed by atoms with Crippen LogP contribution in [0.4, 0.5) is 16.6 Å². The smallest absolute Gasteiger partial charge is 0.410 e. The summed E-state index contributed by atoms with van der Waals surface area (Å²) < 4.78 is 6.88. The number of hydrogen-bond acceptors (Lipinski definition) is 8. The molecule has 0 aromatic carbocycles. The molecule has 1 amide bonds. The van der Waals surface area contributed by atoms with Gasteiger partial charge in [-0.1, -0.05) is 11.2 Å². The van der Waals surface area contributed by atoms with Crippen LogP contribution < -0.4 is 4.90 Å². The molecule has 1 saturated heterocycles. The van der Waals surface area contributed by atoms with Crippen molar-refractivity contribution in [1.29, 1.82) is 0 Å².